The summed E-state index contributed by atoms with van der Waals surface area (Å²) >= 11 is 0. The molecule has 0 spiro atoms. The Balaban J connectivity index is 0.000000694. The van der Waals surface area contributed by atoms with Crippen molar-refractivity contribution in [3.63, 3.8) is 0 Å². The minimum Gasteiger partial charge on any atom is -0.508 e. The van der Waals surface area contributed by atoms with Gasteiger partial charge in [0.05, 0.1) is 13.2 Å². The lowest BCUT2D eigenvalue weighted by Gasteiger charge is -2.29. The van der Waals surface area contributed by atoms with Gasteiger partial charge in [0.2, 0.25) is 0 Å². The predicted octanol–water partition coefficient (Wildman–Crippen LogP) is 5.63. The number of carbonyl (C=O) groups is 3. The van der Waals surface area contributed by atoms with E-state index in [1.165, 1.54) is 24.9 Å². The molecule has 48 heavy (non-hydrogen) atoms. The smallest absolute Gasteiger partial charge is 0.405 e. The van der Waals surface area contributed by atoms with E-state index in [9.17, 15) is 24.8 Å². The first kappa shape index (κ1) is 37.4. The summed E-state index contributed by atoms with van der Waals surface area (Å²) in [6, 6.07) is 21.0. The molecule has 4 N–H and O–H groups in total. The van der Waals surface area contributed by atoms with Gasteiger partial charge < -0.3 is 35.3 Å². The lowest BCUT2D eigenvalue weighted by Crippen LogP contribution is -2.29. The van der Waals surface area contributed by atoms with Crippen molar-refractivity contribution in [1.29, 1.82) is 5.26 Å². The van der Waals surface area contributed by atoms with Crippen LogP contribution in [0.3, 0.4) is 0 Å². The number of rotatable bonds is 12. The molecule has 2 amide bonds. The maximum atomic E-state index is 12.5. The molecule has 0 saturated carbocycles. The highest BCUT2D eigenvalue weighted by Crippen LogP contribution is 2.26. The molecule has 256 valence electrons. The van der Waals surface area contributed by atoms with Crippen molar-refractivity contribution in [2.45, 2.75) is 58.5 Å². The third kappa shape index (κ3) is 13.7. The molecule has 3 aromatic rings. The highest BCUT2D eigenvalue weighted by molar-refractivity contribution is 6.02. The van der Waals surface area contributed by atoms with Crippen LogP contribution in [0.15, 0.2) is 66.2 Å². The molecule has 1 aliphatic heterocycles. The van der Waals surface area contributed by atoms with Crippen molar-refractivity contribution >= 4 is 40.5 Å². The van der Waals surface area contributed by atoms with E-state index in [0.29, 0.717) is 6.42 Å². The summed E-state index contributed by atoms with van der Waals surface area (Å²) < 4.78 is 15.1. The monoisotopic (exact) mass is 658 g/mol. The van der Waals surface area contributed by atoms with E-state index in [-0.39, 0.29) is 50.1 Å². The SMILES string of the molecule is CC(C)(C)OC(N)=O.N#C/C(=C\c1ccc2cc(N3CCCCC3)ccc2c1)C(=O)NCCOCCOC(=O)CCc1ccc(O)cc1. The van der Waals surface area contributed by atoms with Gasteiger partial charge in [-0.05, 0) is 105 Å². The number of anilines is 1. The average molecular weight is 659 g/mol. The normalized spacial score (nSPS) is 13.1. The van der Waals surface area contributed by atoms with Gasteiger partial charge in [-0.3, -0.25) is 9.59 Å². The number of benzene rings is 3. The van der Waals surface area contributed by atoms with Crippen molar-refractivity contribution < 1.29 is 33.7 Å². The van der Waals surface area contributed by atoms with Crippen LogP contribution in [0.4, 0.5) is 10.5 Å². The van der Waals surface area contributed by atoms with Gasteiger partial charge in [0.25, 0.3) is 5.91 Å². The molecule has 4 rings (SSSR count). The lowest BCUT2D eigenvalue weighted by atomic mass is 10.0. The van der Waals surface area contributed by atoms with Gasteiger partial charge in [-0.1, -0.05) is 30.3 Å². The van der Waals surface area contributed by atoms with Crippen molar-refractivity contribution in [3.8, 4) is 11.8 Å². The third-order valence-electron chi connectivity index (χ3n) is 7.23. The Morgan fingerprint density at radius 1 is 0.958 bits per heavy atom. The second-order valence-electron chi connectivity index (χ2n) is 12.3. The first-order chi connectivity index (χ1) is 22.9. The molecule has 0 radical (unpaired) electrons. The van der Waals surface area contributed by atoms with Gasteiger partial charge in [-0.25, -0.2) is 4.79 Å². The Bertz CT molecular complexity index is 1580. The van der Waals surface area contributed by atoms with E-state index < -0.39 is 17.6 Å². The molecule has 0 aliphatic carbocycles. The number of nitriles is 1. The first-order valence-corrected chi connectivity index (χ1v) is 16.1. The average Bonchev–Trinajstić information content (AvgIpc) is 3.05. The maximum Gasteiger partial charge on any atom is 0.405 e. The number of hydrogen-bond acceptors (Lipinski definition) is 9. The van der Waals surface area contributed by atoms with Crippen LogP contribution in [-0.4, -0.2) is 68.1 Å². The van der Waals surface area contributed by atoms with Crippen LogP contribution in [0.1, 0.15) is 57.6 Å². The Morgan fingerprint density at radius 3 is 2.29 bits per heavy atom. The van der Waals surface area contributed by atoms with Gasteiger partial charge in [0.15, 0.2) is 0 Å². The van der Waals surface area contributed by atoms with Crippen LogP contribution >= 0.6 is 0 Å². The van der Waals surface area contributed by atoms with Gasteiger partial charge in [-0.2, -0.15) is 5.26 Å². The van der Waals surface area contributed by atoms with Crippen LogP contribution in [0, 0.1) is 11.3 Å². The zero-order valence-electron chi connectivity index (χ0n) is 28.0. The van der Waals surface area contributed by atoms with E-state index in [4.69, 9.17) is 15.2 Å². The van der Waals surface area contributed by atoms with Crippen molar-refractivity contribution in [2.24, 2.45) is 5.73 Å². The Kier molecular flexibility index (Phi) is 14.7. The number of nitrogens with two attached hydrogens (primary N) is 1. The van der Waals surface area contributed by atoms with Crippen molar-refractivity contribution in [3.05, 3.63) is 77.4 Å². The van der Waals surface area contributed by atoms with E-state index >= 15 is 0 Å². The van der Waals surface area contributed by atoms with Gasteiger partial charge in [0, 0.05) is 31.7 Å². The quantitative estimate of drug-likeness (QED) is 0.0968. The molecule has 11 nitrogen and oxygen atoms in total. The molecule has 11 heteroatoms. The lowest BCUT2D eigenvalue weighted by molar-refractivity contribution is -0.145. The summed E-state index contributed by atoms with van der Waals surface area (Å²) in [5.41, 5.74) is 7.25. The summed E-state index contributed by atoms with van der Waals surface area (Å²) in [4.78, 5) is 36.8. The topological polar surface area (TPSA) is 164 Å². The molecule has 1 fully saturated rings. The van der Waals surface area contributed by atoms with Crippen LogP contribution in [0.5, 0.6) is 5.75 Å². The maximum absolute atomic E-state index is 12.5. The van der Waals surface area contributed by atoms with Crippen LogP contribution in [0.2, 0.25) is 0 Å². The van der Waals surface area contributed by atoms with E-state index in [0.717, 1.165) is 35.0 Å². The van der Waals surface area contributed by atoms with E-state index in [1.807, 2.05) is 24.3 Å². The number of phenolic OH excluding ortho intramolecular Hbond substituents is 1. The largest absolute Gasteiger partial charge is 0.508 e. The zero-order valence-corrected chi connectivity index (χ0v) is 28.0. The van der Waals surface area contributed by atoms with Crippen molar-refractivity contribution in [2.75, 3.05) is 44.4 Å². The van der Waals surface area contributed by atoms with Gasteiger partial charge >= 0.3 is 12.1 Å². The number of aromatic hydroxyl groups is 1. The molecule has 3 aromatic carbocycles. The molecular formula is C37H46N4O7. The molecule has 0 bridgehead atoms. The summed E-state index contributed by atoms with van der Waals surface area (Å²) in [5, 5.41) is 23.7. The highest BCUT2D eigenvalue weighted by Gasteiger charge is 2.13. The Labute approximate surface area is 282 Å². The standard InChI is InChI=1S/C32H35N3O5.C5H11NO2/c33-23-28(21-25-4-8-27-22-29(10-9-26(27)20-25)35-15-2-1-3-16-35)32(38)34-14-17-39-18-19-40-31(37)13-7-24-5-11-30(36)12-6-24;1-5(2,3)8-4(6)7/h4-6,8-12,20-22,36H,1-3,7,13-19H2,(H,34,38);1-3H3,(H2,6,7)/b28-21+;. The fourth-order valence-corrected chi connectivity index (χ4v) is 4.94. The van der Waals surface area contributed by atoms with E-state index in [2.05, 4.69) is 33.2 Å². The minimum absolute atomic E-state index is 0.0202. The summed E-state index contributed by atoms with van der Waals surface area (Å²) in [5.74, 6) is -0.608. The second kappa shape index (κ2) is 18.9. The molecular weight excluding hydrogens is 612 g/mol. The molecule has 1 aliphatic rings. The third-order valence-corrected chi connectivity index (χ3v) is 7.23. The van der Waals surface area contributed by atoms with Crippen LogP contribution in [-0.2, 0) is 30.2 Å². The fraction of sp³-hybridized carbons (Fsp3) is 0.405. The number of carbonyl (C=O) groups excluding carboxylic acids is 3. The number of primary amides is 1. The first-order valence-electron chi connectivity index (χ1n) is 16.1. The number of piperidine rings is 1. The number of phenols is 1. The molecule has 1 saturated heterocycles. The van der Waals surface area contributed by atoms with E-state index in [1.54, 1.807) is 51.1 Å². The molecule has 1 heterocycles. The highest BCUT2D eigenvalue weighted by atomic mass is 16.6. The fourth-order valence-electron chi connectivity index (χ4n) is 4.94. The zero-order chi connectivity index (χ0) is 34.9. The second-order valence-corrected chi connectivity index (χ2v) is 12.3. The number of nitrogens with zero attached hydrogens (tertiary/aromatic N) is 2. The Morgan fingerprint density at radius 2 is 1.65 bits per heavy atom. The number of fused-ring (bicyclic) bond motifs is 1. The Hall–Kier alpha value is -5.08. The molecule has 0 aromatic heterocycles. The summed E-state index contributed by atoms with van der Waals surface area (Å²) in [6.07, 6.45) is 5.38. The minimum atomic E-state index is -0.725. The summed E-state index contributed by atoms with van der Waals surface area (Å²) in [6.45, 7) is 8.25. The van der Waals surface area contributed by atoms with Crippen LogP contribution < -0.4 is 16.0 Å². The van der Waals surface area contributed by atoms with Crippen molar-refractivity contribution in [1.82, 2.24) is 5.32 Å². The number of hydrogen-bond donors (Lipinski definition) is 3. The predicted molar refractivity (Wildman–Crippen MR) is 185 cm³/mol. The number of nitrogens with one attached hydrogen (secondary N) is 1. The number of amides is 2. The van der Waals surface area contributed by atoms with Crippen LogP contribution in [0.25, 0.3) is 16.8 Å². The number of esters is 1. The van der Waals surface area contributed by atoms with Gasteiger partial charge in [0.1, 0.15) is 29.6 Å². The summed E-state index contributed by atoms with van der Waals surface area (Å²) in [7, 11) is 0. The molecule has 0 unspecified atom stereocenters. The van der Waals surface area contributed by atoms with Gasteiger partial charge in [-0.15, -0.1) is 0 Å². The number of aryl methyl sites for hydroxylation is 1. The number of ether oxygens (including phenoxy) is 3. The molecule has 0 atom stereocenters.